The first-order chi connectivity index (χ1) is 21.5. The fraction of sp³-hybridized carbons (Fsp3) is 0.0769. The lowest BCUT2D eigenvalue weighted by Gasteiger charge is -2.50. The predicted octanol–water partition coefficient (Wildman–Crippen LogP) is 8.32. The number of fused-ring (bicyclic) bond motifs is 8. The second-order valence-corrected chi connectivity index (χ2v) is 12.7. The van der Waals surface area contributed by atoms with Crippen LogP contribution in [0.1, 0.15) is 25.0 Å². The van der Waals surface area contributed by atoms with Crippen molar-refractivity contribution in [1.29, 1.82) is 0 Å². The average molecular weight is 568 g/mol. The highest BCUT2D eigenvalue weighted by Crippen LogP contribution is 2.56. The van der Waals surface area contributed by atoms with Gasteiger partial charge in [-0.3, -0.25) is 0 Å². The second-order valence-electron chi connectivity index (χ2n) is 12.7. The first-order valence-electron chi connectivity index (χ1n) is 15.2. The third-order valence-corrected chi connectivity index (χ3v) is 10.1. The molecule has 6 aromatic rings. The van der Waals surface area contributed by atoms with E-state index in [1.807, 2.05) is 24.3 Å². The Morgan fingerprint density at radius 3 is 1.98 bits per heavy atom. The number of benzene rings is 6. The number of hydrogen-bond acceptors (Lipinski definition) is 3. The molecule has 0 radical (unpaired) electrons. The van der Waals surface area contributed by atoms with Gasteiger partial charge >= 0.3 is 0 Å². The zero-order valence-electron chi connectivity index (χ0n) is 24.3. The minimum absolute atomic E-state index is 0.0228. The maximum atomic E-state index is 14.1. The Bertz CT molecular complexity index is 2220. The van der Waals surface area contributed by atoms with Gasteiger partial charge in [0.1, 0.15) is 5.82 Å². The lowest BCUT2D eigenvalue weighted by molar-refractivity contribution is 0.477. The van der Waals surface area contributed by atoms with Gasteiger partial charge in [-0.2, -0.15) is 0 Å². The van der Waals surface area contributed by atoms with Gasteiger partial charge in [-0.15, -0.1) is 0 Å². The molecule has 0 bridgehead atoms. The maximum absolute atomic E-state index is 14.1. The van der Waals surface area contributed by atoms with Crippen molar-refractivity contribution in [2.24, 2.45) is 0 Å². The topological polar surface area (TPSA) is 15.7 Å². The largest absolute Gasteiger partial charge is 0.453 e. The zero-order valence-corrected chi connectivity index (χ0v) is 24.3. The van der Waals surface area contributed by atoms with Crippen molar-refractivity contribution in [3.63, 3.8) is 0 Å². The SMILES string of the molecule is CC1(C)c2ccccc2N2c3cc(-c4ccc(F)cc4)cc4c3B(c3cccc5c3N4c3ccccc3O5)c3cccc1c32. The molecule has 0 aromatic heterocycles. The molecule has 0 aliphatic carbocycles. The Labute approximate surface area is 255 Å². The van der Waals surface area contributed by atoms with Gasteiger partial charge in [-0.05, 0) is 87.2 Å². The molecule has 0 fully saturated rings. The van der Waals surface area contributed by atoms with Crippen molar-refractivity contribution in [3.8, 4) is 22.6 Å². The first-order valence-corrected chi connectivity index (χ1v) is 15.2. The van der Waals surface area contributed by atoms with E-state index in [1.54, 1.807) is 12.1 Å². The lowest BCUT2D eigenvalue weighted by Crippen LogP contribution is -2.62. The number of rotatable bonds is 1. The second kappa shape index (κ2) is 8.21. The van der Waals surface area contributed by atoms with Crippen LogP contribution in [0.15, 0.2) is 121 Å². The molecule has 10 rings (SSSR count). The van der Waals surface area contributed by atoms with E-state index in [1.165, 1.54) is 38.9 Å². The third kappa shape index (κ3) is 2.92. The van der Waals surface area contributed by atoms with E-state index >= 15 is 0 Å². The summed E-state index contributed by atoms with van der Waals surface area (Å²) in [7, 11) is 0. The highest BCUT2D eigenvalue weighted by Gasteiger charge is 2.49. The molecule has 6 aromatic carbocycles. The predicted molar refractivity (Wildman–Crippen MR) is 178 cm³/mol. The smallest absolute Gasteiger partial charge is 0.252 e. The molecule has 3 nitrogen and oxygen atoms in total. The molecule has 0 N–H and O–H groups in total. The summed E-state index contributed by atoms with van der Waals surface area (Å²) in [5.74, 6) is 1.46. The quantitative estimate of drug-likeness (QED) is 0.185. The molecule has 0 saturated heterocycles. The van der Waals surface area contributed by atoms with E-state index in [4.69, 9.17) is 4.74 Å². The van der Waals surface area contributed by atoms with E-state index < -0.39 is 0 Å². The Kier molecular flexibility index (Phi) is 4.51. The highest BCUT2D eigenvalue weighted by molar-refractivity contribution is 7.00. The van der Waals surface area contributed by atoms with Gasteiger partial charge in [0, 0.05) is 22.5 Å². The minimum atomic E-state index is -0.237. The van der Waals surface area contributed by atoms with Crippen molar-refractivity contribution in [2.75, 3.05) is 9.80 Å². The highest BCUT2D eigenvalue weighted by atomic mass is 19.1. The van der Waals surface area contributed by atoms with Crippen molar-refractivity contribution < 1.29 is 9.13 Å². The standard InChI is InChI=1S/C39H26BFN2O/c1-39(2)26-9-3-4-13-30(26)42-32-21-24(23-17-19-25(41)20-18-23)22-33-36(32)40(28-11-7-10-27(39)37(28)42)29-12-8-16-35-38(29)43(33)31-14-5-6-15-34(31)44-35/h3-22H,1-2H3. The van der Waals surface area contributed by atoms with Crippen LogP contribution in [-0.4, -0.2) is 6.71 Å². The van der Waals surface area contributed by atoms with E-state index in [-0.39, 0.29) is 17.9 Å². The van der Waals surface area contributed by atoms with Crippen molar-refractivity contribution in [3.05, 3.63) is 138 Å². The van der Waals surface area contributed by atoms with E-state index in [0.29, 0.717) is 0 Å². The molecule has 208 valence electrons. The van der Waals surface area contributed by atoms with E-state index in [0.717, 1.165) is 45.4 Å². The van der Waals surface area contributed by atoms with Crippen molar-refractivity contribution in [1.82, 2.24) is 0 Å². The molecular weight excluding hydrogens is 542 g/mol. The van der Waals surface area contributed by atoms with Gasteiger partial charge in [0.25, 0.3) is 6.71 Å². The molecule has 5 heteroatoms. The number of halogens is 1. The Morgan fingerprint density at radius 1 is 0.568 bits per heavy atom. The number of ether oxygens (including phenoxy) is 1. The molecule has 0 saturated carbocycles. The van der Waals surface area contributed by atoms with Gasteiger partial charge in [0.15, 0.2) is 11.5 Å². The molecule has 4 heterocycles. The van der Waals surface area contributed by atoms with Gasteiger partial charge in [0.05, 0.1) is 17.1 Å². The average Bonchev–Trinajstić information content (AvgIpc) is 3.05. The summed E-state index contributed by atoms with van der Waals surface area (Å²) in [5, 5.41) is 0. The Hall–Kier alpha value is -5.29. The molecule has 0 atom stereocenters. The summed E-state index contributed by atoms with van der Waals surface area (Å²) >= 11 is 0. The molecule has 0 unspecified atom stereocenters. The van der Waals surface area contributed by atoms with Crippen LogP contribution >= 0.6 is 0 Å². The van der Waals surface area contributed by atoms with Crippen LogP contribution in [0, 0.1) is 5.82 Å². The lowest BCUT2D eigenvalue weighted by atomic mass is 9.33. The molecule has 0 spiro atoms. The molecular formula is C39H26BFN2O. The minimum Gasteiger partial charge on any atom is -0.453 e. The molecule has 4 aliphatic rings. The summed E-state index contributed by atoms with van der Waals surface area (Å²) in [4.78, 5) is 4.88. The number of anilines is 6. The van der Waals surface area contributed by atoms with Crippen LogP contribution in [0.2, 0.25) is 0 Å². The summed E-state index contributed by atoms with van der Waals surface area (Å²) in [6.07, 6.45) is 0. The summed E-state index contributed by atoms with van der Waals surface area (Å²) in [5.41, 5.74) is 15.2. The fourth-order valence-electron chi connectivity index (χ4n) is 8.15. The van der Waals surface area contributed by atoms with Crippen LogP contribution in [-0.2, 0) is 5.41 Å². The van der Waals surface area contributed by atoms with E-state index in [9.17, 15) is 4.39 Å². The zero-order chi connectivity index (χ0) is 29.3. The van der Waals surface area contributed by atoms with Crippen LogP contribution in [0.5, 0.6) is 11.5 Å². The molecule has 4 aliphatic heterocycles. The molecule has 44 heavy (non-hydrogen) atoms. The Balaban J connectivity index is 1.38. The number of nitrogens with zero attached hydrogens (tertiary/aromatic N) is 2. The van der Waals surface area contributed by atoms with E-state index in [2.05, 4.69) is 109 Å². The monoisotopic (exact) mass is 568 g/mol. The Morgan fingerprint density at radius 2 is 1.18 bits per heavy atom. The van der Waals surface area contributed by atoms with Gasteiger partial charge in [-0.1, -0.05) is 86.6 Å². The summed E-state index contributed by atoms with van der Waals surface area (Å²) in [6, 6.07) is 41.9. The van der Waals surface area contributed by atoms with Crippen LogP contribution in [0.3, 0.4) is 0 Å². The van der Waals surface area contributed by atoms with Crippen LogP contribution in [0.25, 0.3) is 11.1 Å². The first kappa shape index (κ1) is 24.2. The third-order valence-electron chi connectivity index (χ3n) is 10.1. The summed E-state index contributed by atoms with van der Waals surface area (Å²) < 4.78 is 20.7. The van der Waals surface area contributed by atoms with Crippen molar-refractivity contribution >= 4 is 57.2 Å². The fourth-order valence-corrected chi connectivity index (χ4v) is 8.15. The van der Waals surface area contributed by atoms with Crippen molar-refractivity contribution in [2.45, 2.75) is 19.3 Å². The maximum Gasteiger partial charge on any atom is 0.252 e. The van der Waals surface area contributed by atoms with Gasteiger partial charge in [0.2, 0.25) is 0 Å². The normalized spacial score (nSPS) is 15.4. The number of hydrogen-bond donors (Lipinski definition) is 0. The van der Waals surface area contributed by atoms with Gasteiger partial charge in [-0.25, -0.2) is 4.39 Å². The van der Waals surface area contributed by atoms with Crippen LogP contribution < -0.4 is 30.9 Å². The van der Waals surface area contributed by atoms with Crippen LogP contribution in [0.4, 0.5) is 38.5 Å². The number of para-hydroxylation sites is 5. The molecule has 0 amide bonds. The van der Waals surface area contributed by atoms with Gasteiger partial charge < -0.3 is 14.5 Å². The summed E-state index contributed by atoms with van der Waals surface area (Å²) in [6.45, 7) is 4.70.